The van der Waals surface area contributed by atoms with Gasteiger partial charge in [0.25, 0.3) is 0 Å². The smallest absolute Gasteiger partial charge is 0.226 e. The second kappa shape index (κ2) is 6.20. The summed E-state index contributed by atoms with van der Waals surface area (Å²) in [5.41, 5.74) is 7.94. The van der Waals surface area contributed by atoms with Crippen LogP contribution in [0.2, 0.25) is 5.02 Å². The van der Waals surface area contributed by atoms with E-state index in [1.807, 2.05) is 18.2 Å². The summed E-state index contributed by atoms with van der Waals surface area (Å²) in [5, 5.41) is 1.50. The molecule has 0 unspecified atom stereocenters. The first kappa shape index (κ1) is 15.1. The molecule has 6 nitrogen and oxygen atoms in total. The van der Waals surface area contributed by atoms with Crippen molar-refractivity contribution in [2.45, 2.75) is 19.3 Å². The number of fused-ring (bicyclic) bond motifs is 1. The normalized spacial score (nSPS) is 15.0. The van der Waals surface area contributed by atoms with E-state index in [9.17, 15) is 0 Å². The van der Waals surface area contributed by atoms with Crippen molar-refractivity contribution in [1.29, 1.82) is 0 Å². The minimum Gasteiger partial charge on any atom is -0.368 e. The molecule has 0 radical (unpaired) electrons. The summed E-state index contributed by atoms with van der Waals surface area (Å²) in [7, 11) is 0. The average molecular weight is 341 g/mol. The van der Waals surface area contributed by atoms with Crippen LogP contribution in [0.4, 0.5) is 11.9 Å². The fourth-order valence-corrected chi connectivity index (χ4v) is 3.24. The lowest BCUT2D eigenvalue weighted by atomic mass is 10.1. The van der Waals surface area contributed by atoms with E-state index >= 15 is 0 Å². The van der Waals surface area contributed by atoms with Crippen LogP contribution in [-0.2, 0) is 0 Å². The maximum atomic E-state index is 6.39. The first-order chi connectivity index (χ1) is 11.7. The highest BCUT2D eigenvalue weighted by Crippen LogP contribution is 2.32. The Kier molecular flexibility index (Phi) is 3.90. The number of hydrogen-bond acceptors (Lipinski definition) is 6. The van der Waals surface area contributed by atoms with Gasteiger partial charge in [-0.25, -0.2) is 19.9 Å². The number of piperidine rings is 1. The number of nitrogens with two attached hydrogens (primary N) is 1. The highest BCUT2D eigenvalue weighted by molar-refractivity contribution is 6.35. The first-order valence-electron chi connectivity index (χ1n) is 8.01. The van der Waals surface area contributed by atoms with E-state index in [2.05, 4.69) is 14.9 Å². The fourth-order valence-electron chi connectivity index (χ4n) is 3.02. The summed E-state index contributed by atoms with van der Waals surface area (Å²) in [6, 6.07) is 5.71. The van der Waals surface area contributed by atoms with E-state index in [1.54, 1.807) is 12.4 Å². The molecule has 2 N–H and O–H groups in total. The van der Waals surface area contributed by atoms with E-state index in [4.69, 9.17) is 27.3 Å². The minimum absolute atomic E-state index is 0.242. The van der Waals surface area contributed by atoms with Crippen LogP contribution in [0.1, 0.15) is 19.3 Å². The Labute approximate surface area is 144 Å². The van der Waals surface area contributed by atoms with Crippen LogP contribution >= 0.6 is 11.6 Å². The number of aromatic nitrogens is 4. The fraction of sp³-hybridized carbons (Fsp3) is 0.294. The standard InChI is InChI=1S/C17H17ClN6/c18-13-6-4-5-12-14(11-9-20-16(19)21-10-11)22-17(23-15(12)13)24-7-2-1-3-8-24/h4-6,9-10H,1-3,7-8H2,(H2,19,20,21). The Bertz CT molecular complexity index is 874. The first-order valence-corrected chi connectivity index (χ1v) is 8.39. The van der Waals surface area contributed by atoms with Gasteiger partial charge < -0.3 is 10.6 Å². The summed E-state index contributed by atoms with van der Waals surface area (Å²) in [6.07, 6.45) is 6.94. The van der Waals surface area contributed by atoms with Gasteiger partial charge in [0, 0.05) is 36.4 Å². The number of rotatable bonds is 2. The van der Waals surface area contributed by atoms with Gasteiger partial charge in [-0.15, -0.1) is 0 Å². The van der Waals surface area contributed by atoms with Crippen LogP contribution in [0.15, 0.2) is 30.6 Å². The van der Waals surface area contributed by atoms with E-state index in [0.29, 0.717) is 11.0 Å². The van der Waals surface area contributed by atoms with Gasteiger partial charge in [-0.2, -0.15) is 0 Å². The molecule has 2 aromatic heterocycles. The molecule has 0 bridgehead atoms. The summed E-state index contributed by atoms with van der Waals surface area (Å²) in [5.74, 6) is 0.952. The van der Waals surface area contributed by atoms with Crippen LogP contribution < -0.4 is 10.6 Å². The third-order valence-corrected chi connectivity index (χ3v) is 4.55. The van der Waals surface area contributed by atoms with Gasteiger partial charge in [-0.05, 0) is 25.3 Å². The molecule has 1 aliphatic heterocycles. The molecule has 0 amide bonds. The Hall–Kier alpha value is -2.47. The zero-order chi connectivity index (χ0) is 16.5. The van der Waals surface area contributed by atoms with Gasteiger partial charge in [-0.1, -0.05) is 23.7 Å². The largest absolute Gasteiger partial charge is 0.368 e. The average Bonchev–Trinajstić information content (AvgIpc) is 2.63. The van der Waals surface area contributed by atoms with Gasteiger partial charge in [0.2, 0.25) is 11.9 Å². The second-order valence-corrected chi connectivity index (χ2v) is 6.29. The summed E-state index contributed by atoms with van der Waals surface area (Å²) >= 11 is 6.39. The third kappa shape index (κ3) is 2.73. The Morgan fingerprint density at radius 3 is 2.50 bits per heavy atom. The molecule has 0 saturated carbocycles. The van der Waals surface area contributed by atoms with Crippen molar-refractivity contribution in [3.8, 4) is 11.3 Å². The van der Waals surface area contributed by atoms with E-state index in [1.165, 1.54) is 6.42 Å². The molecular formula is C17H17ClN6. The number of halogens is 1. The maximum Gasteiger partial charge on any atom is 0.226 e. The number of anilines is 2. The Balaban J connectivity index is 1.92. The molecular weight excluding hydrogens is 324 g/mol. The van der Waals surface area contributed by atoms with Gasteiger partial charge in [0.1, 0.15) is 0 Å². The number of nitrogen functional groups attached to an aromatic ring is 1. The molecule has 7 heteroatoms. The Morgan fingerprint density at radius 1 is 1.00 bits per heavy atom. The summed E-state index contributed by atoms with van der Waals surface area (Å²) < 4.78 is 0. The molecule has 0 spiro atoms. The molecule has 0 aliphatic carbocycles. The zero-order valence-electron chi connectivity index (χ0n) is 13.1. The molecule has 3 heterocycles. The quantitative estimate of drug-likeness (QED) is 0.770. The van der Waals surface area contributed by atoms with Gasteiger partial charge in [0.05, 0.1) is 16.2 Å². The van der Waals surface area contributed by atoms with E-state index in [0.717, 1.165) is 48.1 Å². The maximum absolute atomic E-state index is 6.39. The predicted molar refractivity (Wildman–Crippen MR) is 96.1 cm³/mol. The second-order valence-electron chi connectivity index (χ2n) is 5.89. The van der Waals surface area contributed by atoms with Crippen molar-refractivity contribution in [2.24, 2.45) is 0 Å². The molecule has 1 fully saturated rings. The molecule has 3 aromatic rings. The lowest BCUT2D eigenvalue weighted by molar-refractivity contribution is 0.569. The van der Waals surface area contributed by atoms with Gasteiger partial charge in [-0.3, -0.25) is 0 Å². The van der Waals surface area contributed by atoms with Gasteiger partial charge >= 0.3 is 0 Å². The summed E-state index contributed by atoms with van der Waals surface area (Å²) in [4.78, 5) is 19.9. The van der Waals surface area contributed by atoms with E-state index < -0.39 is 0 Å². The molecule has 24 heavy (non-hydrogen) atoms. The SMILES string of the molecule is Nc1ncc(-c2nc(N3CCCCC3)nc3c(Cl)cccc23)cn1. The molecule has 4 rings (SSSR count). The van der Waals surface area contributed by atoms with E-state index in [-0.39, 0.29) is 5.95 Å². The Morgan fingerprint density at radius 2 is 1.75 bits per heavy atom. The molecule has 1 aromatic carbocycles. The van der Waals surface area contributed by atoms with Crippen molar-refractivity contribution >= 4 is 34.4 Å². The van der Waals surface area contributed by atoms with Crippen molar-refractivity contribution < 1.29 is 0 Å². The molecule has 1 aliphatic rings. The van der Waals surface area contributed by atoms with Crippen LogP contribution in [0.5, 0.6) is 0 Å². The van der Waals surface area contributed by atoms with Crippen molar-refractivity contribution in [2.75, 3.05) is 23.7 Å². The number of nitrogens with zero attached hydrogens (tertiary/aromatic N) is 5. The van der Waals surface area contributed by atoms with Crippen LogP contribution in [0.3, 0.4) is 0 Å². The van der Waals surface area contributed by atoms with Crippen LogP contribution in [-0.4, -0.2) is 33.0 Å². The minimum atomic E-state index is 0.242. The zero-order valence-corrected chi connectivity index (χ0v) is 13.9. The topological polar surface area (TPSA) is 80.8 Å². The van der Waals surface area contributed by atoms with Crippen molar-refractivity contribution in [3.05, 3.63) is 35.6 Å². The number of hydrogen-bond donors (Lipinski definition) is 1. The highest BCUT2D eigenvalue weighted by atomic mass is 35.5. The van der Waals surface area contributed by atoms with Crippen LogP contribution in [0, 0.1) is 0 Å². The van der Waals surface area contributed by atoms with Crippen molar-refractivity contribution in [1.82, 2.24) is 19.9 Å². The highest BCUT2D eigenvalue weighted by Gasteiger charge is 2.18. The molecule has 0 atom stereocenters. The lowest BCUT2D eigenvalue weighted by Gasteiger charge is -2.27. The van der Waals surface area contributed by atoms with Gasteiger partial charge in [0.15, 0.2) is 0 Å². The van der Waals surface area contributed by atoms with Crippen molar-refractivity contribution in [3.63, 3.8) is 0 Å². The molecule has 122 valence electrons. The number of para-hydroxylation sites is 1. The lowest BCUT2D eigenvalue weighted by Crippen LogP contribution is -2.31. The molecule has 1 saturated heterocycles. The third-order valence-electron chi connectivity index (χ3n) is 4.25. The summed E-state index contributed by atoms with van der Waals surface area (Å²) in [6.45, 7) is 1.93. The number of benzene rings is 1. The monoisotopic (exact) mass is 340 g/mol. The van der Waals surface area contributed by atoms with Crippen LogP contribution in [0.25, 0.3) is 22.2 Å². The predicted octanol–water partition coefficient (Wildman–Crippen LogP) is 3.31.